The Morgan fingerprint density at radius 3 is 2.29 bits per heavy atom. The standard InChI is InChI=1S/C8H13N2O3P/c1-4-5-6-7-8(10-9)14(11,12-2)13-3/h4-7H,1-3H3/b5-4+,7-6+. The molecule has 0 fully saturated rings. The predicted molar refractivity (Wildman–Crippen MR) is 54.2 cm³/mol. The van der Waals surface area contributed by atoms with Crippen molar-refractivity contribution in [3.05, 3.63) is 29.8 Å². The van der Waals surface area contributed by atoms with Crippen LogP contribution in [0.3, 0.4) is 0 Å². The molecule has 0 atom stereocenters. The molecule has 0 amide bonds. The second-order valence-corrected chi connectivity index (χ2v) is 4.39. The molecular formula is C8H13N2O3P. The minimum Gasteiger partial charge on any atom is -0.360 e. The summed E-state index contributed by atoms with van der Waals surface area (Å²) in [6.07, 6.45) is 6.39. The number of hydrogen-bond donors (Lipinski definition) is 0. The maximum Gasteiger partial charge on any atom is 0.441 e. The van der Waals surface area contributed by atoms with Crippen LogP contribution in [-0.4, -0.2) is 24.5 Å². The lowest BCUT2D eigenvalue weighted by molar-refractivity contribution is -0.00148. The molecule has 78 valence electrons. The summed E-state index contributed by atoms with van der Waals surface area (Å²) in [4.78, 5) is 2.86. The third kappa shape index (κ3) is 3.40. The van der Waals surface area contributed by atoms with Crippen LogP contribution in [0, 0.1) is 0 Å². The molecule has 14 heavy (non-hydrogen) atoms. The molecule has 0 heterocycles. The smallest absolute Gasteiger partial charge is 0.360 e. The molecule has 0 saturated carbocycles. The van der Waals surface area contributed by atoms with Crippen LogP contribution in [0.1, 0.15) is 6.92 Å². The highest BCUT2D eigenvalue weighted by atomic mass is 31.2. The predicted octanol–water partition coefficient (Wildman–Crippen LogP) is 2.23. The molecule has 0 saturated heterocycles. The summed E-state index contributed by atoms with van der Waals surface area (Å²) in [6, 6.07) is 0. The maximum atomic E-state index is 11.7. The number of rotatable bonds is 5. The molecule has 0 N–H and O–H groups in total. The first-order valence-electron chi connectivity index (χ1n) is 3.88. The average Bonchev–Trinajstić information content (AvgIpc) is 2.23. The lowest BCUT2D eigenvalue weighted by Gasteiger charge is -2.05. The molecule has 0 aromatic carbocycles. The van der Waals surface area contributed by atoms with E-state index in [9.17, 15) is 4.57 Å². The van der Waals surface area contributed by atoms with Gasteiger partial charge in [0.05, 0.1) is 0 Å². The molecule has 0 aliphatic heterocycles. The van der Waals surface area contributed by atoms with Crippen LogP contribution in [0.15, 0.2) is 24.3 Å². The second-order valence-electron chi connectivity index (χ2n) is 2.21. The van der Waals surface area contributed by atoms with Gasteiger partial charge in [-0.2, -0.15) is 4.79 Å². The van der Waals surface area contributed by atoms with Crippen molar-refractivity contribution >= 4 is 13.0 Å². The summed E-state index contributed by atoms with van der Waals surface area (Å²) in [5.41, 5.74) is 8.47. The van der Waals surface area contributed by atoms with Gasteiger partial charge in [-0.25, -0.2) is 4.57 Å². The van der Waals surface area contributed by atoms with Gasteiger partial charge in [0.1, 0.15) is 0 Å². The fourth-order valence-corrected chi connectivity index (χ4v) is 1.60. The minimum absolute atomic E-state index is 0.138. The summed E-state index contributed by atoms with van der Waals surface area (Å²) in [6.45, 7) is 1.83. The molecule has 0 bridgehead atoms. The Labute approximate surface area is 83.2 Å². The first kappa shape index (κ1) is 13.0. The lowest BCUT2D eigenvalue weighted by Crippen LogP contribution is -2.01. The zero-order valence-corrected chi connectivity index (χ0v) is 9.27. The van der Waals surface area contributed by atoms with Gasteiger partial charge in [0.25, 0.3) is 0 Å². The largest absolute Gasteiger partial charge is 0.441 e. The molecule has 0 aromatic heterocycles. The van der Waals surface area contributed by atoms with Gasteiger partial charge in [0.15, 0.2) is 0 Å². The van der Waals surface area contributed by atoms with Gasteiger partial charge in [-0.1, -0.05) is 18.2 Å². The van der Waals surface area contributed by atoms with Crippen LogP contribution in [0.2, 0.25) is 0 Å². The van der Waals surface area contributed by atoms with Crippen LogP contribution in [0.4, 0.5) is 0 Å². The molecular weight excluding hydrogens is 203 g/mol. The summed E-state index contributed by atoms with van der Waals surface area (Å²) in [5, 5.41) is 0. The summed E-state index contributed by atoms with van der Waals surface area (Å²) < 4.78 is 20.9. The first-order chi connectivity index (χ1) is 6.64. The maximum absolute atomic E-state index is 11.7. The molecule has 0 aliphatic rings. The van der Waals surface area contributed by atoms with Gasteiger partial charge in [-0.05, 0) is 6.92 Å². The van der Waals surface area contributed by atoms with E-state index >= 15 is 0 Å². The van der Waals surface area contributed by atoms with Gasteiger partial charge in [0.2, 0.25) is 0 Å². The normalized spacial score (nSPS) is 12.2. The van der Waals surface area contributed by atoms with Crippen LogP contribution < -0.4 is 0 Å². The van der Waals surface area contributed by atoms with Gasteiger partial charge >= 0.3 is 13.0 Å². The fraction of sp³-hybridized carbons (Fsp3) is 0.375. The summed E-state index contributed by atoms with van der Waals surface area (Å²) >= 11 is 0. The monoisotopic (exact) mass is 216 g/mol. The Kier molecular flexibility index (Phi) is 6.00. The Morgan fingerprint density at radius 2 is 1.93 bits per heavy atom. The van der Waals surface area contributed by atoms with Crippen molar-refractivity contribution in [2.75, 3.05) is 14.2 Å². The number of hydrogen-bond acceptors (Lipinski definition) is 3. The van der Waals surface area contributed by atoms with Crippen molar-refractivity contribution in [1.29, 1.82) is 0 Å². The highest BCUT2D eigenvalue weighted by Crippen LogP contribution is 2.47. The van der Waals surface area contributed by atoms with E-state index in [4.69, 9.17) is 5.53 Å². The van der Waals surface area contributed by atoms with E-state index in [2.05, 4.69) is 13.8 Å². The first-order valence-corrected chi connectivity index (χ1v) is 5.42. The lowest BCUT2D eigenvalue weighted by atomic mass is 10.4. The van der Waals surface area contributed by atoms with Crippen molar-refractivity contribution in [2.45, 2.75) is 6.92 Å². The molecule has 0 unspecified atom stereocenters. The van der Waals surface area contributed by atoms with Gasteiger partial charge in [-0.15, -0.1) is 0 Å². The molecule has 0 radical (unpaired) electrons. The summed E-state index contributed by atoms with van der Waals surface area (Å²) in [7, 11) is -1.01. The molecule has 6 heteroatoms. The SMILES string of the molecule is C/C=C/C=C/C(=[N+]=[N-])P(=O)(OC)OC. The molecule has 5 nitrogen and oxygen atoms in total. The highest BCUT2D eigenvalue weighted by Gasteiger charge is 2.35. The Bertz CT molecular complexity index is 321. The van der Waals surface area contributed by atoms with E-state index in [1.807, 2.05) is 6.92 Å². The van der Waals surface area contributed by atoms with E-state index in [1.165, 1.54) is 20.3 Å². The molecule has 0 spiro atoms. The van der Waals surface area contributed by atoms with Crippen LogP contribution in [0.25, 0.3) is 5.53 Å². The van der Waals surface area contributed by atoms with E-state index in [0.717, 1.165) is 0 Å². The fourth-order valence-electron chi connectivity index (χ4n) is 0.694. The topological polar surface area (TPSA) is 71.9 Å². The van der Waals surface area contributed by atoms with Crippen molar-refractivity contribution in [3.8, 4) is 0 Å². The van der Waals surface area contributed by atoms with E-state index in [-0.39, 0.29) is 5.45 Å². The second kappa shape index (κ2) is 6.46. The van der Waals surface area contributed by atoms with Gasteiger partial charge in [-0.3, -0.25) is 0 Å². The van der Waals surface area contributed by atoms with Crippen LogP contribution in [-0.2, 0) is 13.6 Å². The Morgan fingerprint density at radius 1 is 1.36 bits per heavy atom. The van der Waals surface area contributed by atoms with Crippen molar-refractivity contribution in [2.24, 2.45) is 0 Å². The minimum atomic E-state index is -3.45. The number of nitrogens with zero attached hydrogens (tertiary/aromatic N) is 2. The Hall–Kier alpha value is -0.990. The molecule has 0 rings (SSSR count). The third-order valence-corrected chi connectivity index (χ3v) is 3.17. The van der Waals surface area contributed by atoms with E-state index in [1.54, 1.807) is 18.2 Å². The zero-order chi connectivity index (χ0) is 11.0. The van der Waals surface area contributed by atoms with Crippen molar-refractivity contribution in [1.82, 2.24) is 0 Å². The van der Waals surface area contributed by atoms with Crippen LogP contribution in [0.5, 0.6) is 0 Å². The highest BCUT2D eigenvalue weighted by molar-refractivity contribution is 7.72. The quantitative estimate of drug-likeness (QED) is 0.232. The van der Waals surface area contributed by atoms with Gasteiger partial charge < -0.3 is 14.6 Å². The van der Waals surface area contributed by atoms with Crippen LogP contribution >= 0.6 is 7.60 Å². The summed E-state index contributed by atoms with van der Waals surface area (Å²) in [5.74, 6) is 0. The van der Waals surface area contributed by atoms with Crippen molar-refractivity contribution < 1.29 is 18.4 Å². The Balaban J connectivity index is 4.92. The molecule has 0 aromatic rings. The van der Waals surface area contributed by atoms with E-state index < -0.39 is 7.60 Å². The average molecular weight is 216 g/mol. The van der Waals surface area contributed by atoms with Crippen molar-refractivity contribution in [3.63, 3.8) is 0 Å². The van der Waals surface area contributed by atoms with Gasteiger partial charge in [0, 0.05) is 20.3 Å². The van der Waals surface area contributed by atoms with E-state index in [0.29, 0.717) is 0 Å². The number of allylic oxidation sites excluding steroid dienone is 4. The molecule has 0 aliphatic carbocycles. The third-order valence-electron chi connectivity index (χ3n) is 1.41. The zero-order valence-electron chi connectivity index (χ0n) is 8.38.